The fourth-order valence-electron chi connectivity index (χ4n) is 4.07. The lowest BCUT2D eigenvalue weighted by Crippen LogP contribution is -2.24. The van der Waals surface area contributed by atoms with Gasteiger partial charge in [0.15, 0.2) is 0 Å². The zero-order valence-corrected chi connectivity index (χ0v) is 18.9. The van der Waals surface area contributed by atoms with Gasteiger partial charge in [0.25, 0.3) is 5.56 Å². The second-order valence-electron chi connectivity index (χ2n) is 9.51. The number of carbonyl (C=O) groups excluding carboxylic acids is 1. The minimum atomic E-state index is -0.0842. The van der Waals surface area contributed by atoms with Gasteiger partial charge >= 0.3 is 0 Å². The van der Waals surface area contributed by atoms with Gasteiger partial charge in [0.05, 0.1) is 0 Å². The number of rotatable bonds is 5. The van der Waals surface area contributed by atoms with Crippen LogP contribution in [0.2, 0.25) is 0 Å². The molecule has 0 spiro atoms. The number of H-pyrrole nitrogens is 1. The van der Waals surface area contributed by atoms with Crippen molar-refractivity contribution in [3.05, 3.63) is 111 Å². The molecule has 4 heteroatoms. The summed E-state index contributed by atoms with van der Waals surface area (Å²) in [4.78, 5) is 27.7. The highest BCUT2D eigenvalue weighted by molar-refractivity contribution is 5.82. The summed E-state index contributed by atoms with van der Waals surface area (Å²) in [6.07, 6.45) is 3.95. The molecule has 4 nitrogen and oxygen atoms in total. The lowest BCUT2D eigenvalue weighted by Gasteiger charge is -2.20. The fraction of sp³-hybridized carbons (Fsp3) is 0.286. The second-order valence-corrected chi connectivity index (χ2v) is 9.51. The molecular weight excluding hydrogens is 396 g/mol. The minimum absolute atomic E-state index is 0.0349. The predicted molar refractivity (Wildman–Crippen MR) is 130 cm³/mol. The lowest BCUT2D eigenvalue weighted by molar-refractivity contribution is -0.119. The third kappa shape index (κ3) is 5.08. The van der Waals surface area contributed by atoms with Gasteiger partial charge in [0.1, 0.15) is 0 Å². The van der Waals surface area contributed by atoms with Gasteiger partial charge in [-0.25, -0.2) is 0 Å². The van der Waals surface area contributed by atoms with Gasteiger partial charge in [-0.2, -0.15) is 0 Å². The smallest absolute Gasteiger partial charge is 0.251 e. The van der Waals surface area contributed by atoms with E-state index in [2.05, 4.69) is 61.4 Å². The topological polar surface area (TPSA) is 62.0 Å². The Kier molecular flexibility index (Phi) is 6.13. The summed E-state index contributed by atoms with van der Waals surface area (Å²) in [7, 11) is 0. The normalized spacial score (nSPS) is 16.8. The Hall–Kier alpha value is -3.40. The fourth-order valence-corrected chi connectivity index (χ4v) is 4.07. The number of nitrogens with one attached hydrogen (secondary N) is 2. The molecule has 0 aliphatic carbocycles. The zero-order valence-electron chi connectivity index (χ0n) is 18.9. The van der Waals surface area contributed by atoms with Crippen LogP contribution in [-0.4, -0.2) is 16.9 Å². The molecule has 1 atom stereocenters. The van der Waals surface area contributed by atoms with E-state index in [1.807, 2.05) is 42.5 Å². The van der Waals surface area contributed by atoms with Gasteiger partial charge in [-0.1, -0.05) is 87.5 Å². The number of hydrogen-bond donors (Lipinski definition) is 2. The molecule has 0 radical (unpaired) electrons. The first-order valence-corrected chi connectivity index (χ1v) is 11.2. The van der Waals surface area contributed by atoms with E-state index in [-0.39, 0.29) is 22.9 Å². The van der Waals surface area contributed by atoms with Crippen molar-refractivity contribution in [1.82, 2.24) is 10.3 Å². The van der Waals surface area contributed by atoms with Crippen molar-refractivity contribution in [2.75, 3.05) is 0 Å². The van der Waals surface area contributed by atoms with Crippen LogP contribution in [0.4, 0.5) is 0 Å². The highest BCUT2D eigenvalue weighted by Gasteiger charge is 2.21. The largest absolute Gasteiger partial charge is 0.350 e. The van der Waals surface area contributed by atoms with Crippen LogP contribution >= 0.6 is 0 Å². The van der Waals surface area contributed by atoms with Crippen molar-refractivity contribution in [2.24, 2.45) is 0 Å². The quantitative estimate of drug-likeness (QED) is 0.605. The SMILES string of the molecule is CC(C)(C)c1ccc(C(=C[C@H]2CCC(=O)N2)c2ccc(Cc3ccccc3)c(=O)[nH]2)cc1. The summed E-state index contributed by atoms with van der Waals surface area (Å²) in [5, 5.41) is 3.01. The maximum absolute atomic E-state index is 12.9. The van der Waals surface area contributed by atoms with Crippen LogP contribution in [0.25, 0.3) is 5.57 Å². The predicted octanol–water partition coefficient (Wildman–Crippen LogP) is 4.97. The maximum Gasteiger partial charge on any atom is 0.251 e. The first-order valence-electron chi connectivity index (χ1n) is 11.2. The third-order valence-electron chi connectivity index (χ3n) is 5.98. The van der Waals surface area contributed by atoms with Crippen molar-refractivity contribution in [2.45, 2.75) is 51.5 Å². The van der Waals surface area contributed by atoms with Gasteiger partial charge in [-0.05, 0) is 34.6 Å². The van der Waals surface area contributed by atoms with Crippen LogP contribution in [0.15, 0.2) is 77.6 Å². The van der Waals surface area contributed by atoms with Crippen molar-refractivity contribution >= 4 is 11.5 Å². The number of pyridine rings is 1. The van der Waals surface area contributed by atoms with Crippen molar-refractivity contribution in [3.63, 3.8) is 0 Å². The lowest BCUT2D eigenvalue weighted by atomic mass is 9.86. The van der Waals surface area contributed by atoms with Gasteiger partial charge in [0.2, 0.25) is 5.91 Å². The van der Waals surface area contributed by atoms with E-state index in [1.54, 1.807) is 0 Å². The first-order chi connectivity index (χ1) is 15.3. The highest BCUT2D eigenvalue weighted by atomic mass is 16.2. The molecule has 0 unspecified atom stereocenters. The Morgan fingerprint density at radius 1 is 0.969 bits per heavy atom. The molecular formula is C28H30N2O2. The molecule has 0 bridgehead atoms. The van der Waals surface area contributed by atoms with Gasteiger partial charge in [0, 0.05) is 35.7 Å². The number of aromatic amines is 1. The van der Waals surface area contributed by atoms with Gasteiger partial charge in [-0.15, -0.1) is 0 Å². The Balaban J connectivity index is 1.70. The number of amides is 1. The van der Waals surface area contributed by atoms with Gasteiger partial charge in [-0.3, -0.25) is 9.59 Å². The molecule has 2 N–H and O–H groups in total. The van der Waals surface area contributed by atoms with Crippen molar-refractivity contribution in [3.8, 4) is 0 Å². The van der Waals surface area contributed by atoms with Crippen LogP contribution in [0, 0.1) is 0 Å². The molecule has 4 rings (SSSR count). The van der Waals surface area contributed by atoms with Crippen LogP contribution in [0.5, 0.6) is 0 Å². The molecule has 1 aromatic heterocycles. The summed E-state index contributed by atoms with van der Waals surface area (Å²) in [5.74, 6) is 0.0698. The summed E-state index contributed by atoms with van der Waals surface area (Å²) in [5.41, 5.74) is 5.78. The van der Waals surface area contributed by atoms with Crippen molar-refractivity contribution < 1.29 is 4.79 Å². The summed E-state index contributed by atoms with van der Waals surface area (Å²) >= 11 is 0. The Morgan fingerprint density at radius 3 is 2.28 bits per heavy atom. The third-order valence-corrected chi connectivity index (χ3v) is 5.98. The molecule has 1 fully saturated rings. The van der Waals surface area contributed by atoms with Crippen LogP contribution in [-0.2, 0) is 16.6 Å². The van der Waals surface area contributed by atoms with Crippen molar-refractivity contribution in [1.29, 1.82) is 0 Å². The molecule has 3 aromatic rings. The summed E-state index contributed by atoms with van der Waals surface area (Å²) in [6, 6.07) is 22.3. The highest BCUT2D eigenvalue weighted by Crippen LogP contribution is 2.28. The molecule has 1 saturated heterocycles. The average Bonchev–Trinajstić information content (AvgIpc) is 3.18. The average molecular weight is 427 g/mol. The molecule has 1 aliphatic rings. The molecule has 1 aliphatic heterocycles. The molecule has 32 heavy (non-hydrogen) atoms. The molecule has 2 heterocycles. The number of aromatic nitrogens is 1. The number of hydrogen-bond acceptors (Lipinski definition) is 2. The second kappa shape index (κ2) is 8.99. The van der Waals surface area contributed by atoms with Crippen LogP contribution < -0.4 is 10.9 Å². The van der Waals surface area contributed by atoms with Crippen LogP contribution in [0.1, 0.15) is 61.6 Å². The van der Waals surface area contributed by atoms with Crippen LogP contribution in [0.3, 0.4) is 0 Å². The van der Waals surface area contributed by atoms with E-state index in [9.17, 15) is 9.59 Å². The van der Waals surface area contributed by atoms with E-state index in [0.29, 0.717) is 12.8 Å². The Bertz CT molecular complexity index is 1180. The van der Waals surface area contributed by atoms with E-state index >= 15 is 0 Å². The maximum atomic E-state index is 12.9. The zero-order chi connectivity index (χ0) is 22.7. The van der Waals surface area contributed by atoms with E-state index in [4.69, 9.17) is 0 Å². The molecule has 2 aromatic carbocycles. The molecule has 0 saturated carbocycles. The van der Waals surface area contributed by atoms with E-state index in [0.717, 1.165) is 34.4 Å². The monoisotopic (exact) mass is 426 g/mol. The van der Waals surface area contributed by atoms with E-state index in [1.165, 1.54) is 5.56 Å². The van der Waals surface area contributed by atoms with E-state index < -0.39 is 0 Å². The Morgan fingerprint density at radius 2 is 1.69 bits per heavy atom. The number of benzene rings is 2. The molecule has 1 amide bonds. The minimum Gasteiger partial charge on any atom is -0.350 e. The summed E-state index contributed by atoms with van der Waals surface area (Å²) < 4.78 is 0. The number of carbonyl (C=O) groups is 1. The molecule has 164 valence electrons. The standard InChI is InChI=1S/C28H30N2O2/c1-28(2,3)22-12-9-20(10-13-22)24(18-23-14-16-26(31)29-23)25-15-11-21(27(32)30-25)17-19-7-5-4-6-8-19/h4-13,15,18,23H,14,16-17H2,1-3H3,(H,29,31)(H,30,32)/t23-/m1/s1. The van der Waals surface area contributed by atoms with Gasteiger partial charge < -0.3 is 10.3 Å². The first kappa shape index (κ1) is 21.8. The summed E-state index contributed by atoms with van der Waals surface area (Å²) in [6.45, 7) is 6.57. The Labute approximate surface area is 189 Å².